The standard InChI is InChI=1S/C14H16N4O3/c1-8-9(2)17-13(18-14(8)21)10-3-4-11(16-7-10)15-6-5-12(19)20/h3-4,7H,5-6H2,1-2H3,(H,15,16)(H,19,20)(H,17,18,21). The van der Waals surface area contributed by atoms with E-state index in [1.807, 2.05) is 0 Å². The Labute approximate surface area is 121 Å². The van der Waals surface area contributed by atoms with Gasteiger partial charge in [0.25, 0.3) is 5.56 Å². The van der Waals surface area contributed by atoms with Crippen LogP contribution in [0.25, 0.3) is 11.4 Å². The van der Waals surface area contributed by atoms with Crippen molar-refractivity contribution in [2.75, 3.05) is 11.9 Å². The maximum atomic E-state index is 11.7. The smallest absolute Gasteiger partial charge is 0.305 e. The second kappa shape index (κ2) is 6.17. The summed E-state index contributed by atoms with van der Waals surface area (Å²) in [6, 6.07) is 3.48. The van der Waals surface area contributed by atoms with Gasteiger partial charge in [0.2, 0.25) is 0 Å². The number of hydrogen-bond acceptors (Lipinski definition) is 5. The van der Waals surface area contributed by atoms with Crippen LogP contribution in [0.4, 0.5) is 5.82 Å². The second-order valence-corrected chi connectivity index (χ2v) is 4.63. The molecule has 0 radical (unpaired) electrons. The van der Waals surface area contributed by atoms with E-state index < -0.39 is 5.97 Å². The fraction of sp³-hybridized carbons (Fsp3) is 0.286. The lowest BCUT2D eigenvalue weighted by atomic mass is 10.2. The highest BCUT2D eigenvalue weighted by Gasteiger charge is 2.06. The van der Waals surface area contributed by atoms with Crippen molar-refractivity contribution in [3.05, 3.63) is 39.9 Å². The number of anilines is 1. The van der Waals surface area contributed by atoms with Gasteiger partial charge in [-0.1, -0.05) is 0 Å². The predicted molar refractivity (Wildman–Crippen MR) is 78.3 cm³/mol. The zero-order valence-electron chi connectivity index (χ0n) is 11.8. The first-order valence-electron chi connectivity index (χ1n) is 6.47. The molecule has 0 amide bonds. The largest absolute Gasteiger partial charge is 0.481 e. The first-order chi connectivity index (χ1) is 9.97. The molecule has 0 aliphatic heterocycles. The van der Waals surface area contributed by atoms with Crippen molar-refractivity contribution in [3.63, 3.8) is 0 Å². The van der Waals surface area contributed by atoms with Crippen molar-refractivity contribution in [1.29, 1.82) is 0 Å². The molecule has 0 atom stereocenters. The van der Waals surface area contributed by atoms with Gasteiger partial charge in [-0.15, -0.1) is 0 Å². The average molecular weight is 288 g/mol. The number of carbonyl (C=O) groups is 1. The van der Waals surface area contributed by atoms with E-state index >= 15 is 0 Å². The Hall–Kier alpha value is -2.70. The molecule has 2 aromatic rings. The van der Waals surface area contributed by atoms with Crippen LogP contribution >= 0.6 is 0 Å². The summed E-state index contributed by atoms with van der Waals surface area (Å²) >= 11 is 0. The number of aliphatic carboxylic acids is 1. The third kappa shape index (κ3) is 3.65. The van der Waals surface area contributed by atoms with Crippen molar-refractivity contribution in [1.82, 2.24) is 15.0 Å². The molecule has 0 aliphatic rings. The maximum Gasteiger partial charge on any atom is 0.305 e. The van der Waals surface area contributed by atoms with Crippen LogP contribution < -0.4 is 10.9 Å². The van der Waals surface area contributed by atoms with E-state index in [1.165, 1.54) is 0 Å². The minimum absolute atomic E-state index is 0.0233. The molecule has 0 saturated heterocycles. The van der Waals surface area contributed by atoms with Crippen LogP contribution in [0.2, 0.25) is 0 Å². The van der Waals surface area contributed by atoms with Gasteiger partial charge in [-0.05, 0) is 26.0 Å². The van der Waals surface area contributed by atoms with Crippen molar-refractivity contribution < 1.29 is 9.90 Å². The number of hydrogen-bond donors (Lipinski definition) is 3. The minimum Gasteiger partial charge on any atom is -0.481 e. The van der Waals surface area contributed by atoms with E-state index in [9.17, 15) is 9.59 Å². The molecular formula is C14H16N4O3. The molecule has 0 unspecified atom stereocenters. The van der Waals surface area contributed by atoms with Crippen molar-refractivity contribution in [2.45, 2.75) is 20.3 Å². The first-order valence-corrected chi connectivity index (χ1v) is 6.47. The molecule has 2 aromatic heterocycles. The van der Waals surface area contributed by atoms with Crippen LogP contribution in [0.15, 0.2) is 23.1 Å². The Morgan fingerprint density at radius 3 is 2.71 bits per heavy atom. The molecule has 3 N–H and O–H groups in total. The Balaban J connectivity index is 2.15. The van der Waals surface area contributed by atoms with Gasteiger partial charge in [-0.2, -0.15) is 0 Å². The lowest BCUT2D eigenvalue weighted by molar-refractivity contribution is -0.136. The van der Waals surface area contributed by atoms with Crippen LogP contribution in [0.5, 0.6) is 0 Å². The molecule has 110 valence electrons. The first kappa shape index (κ1) is 14.7. The number of pyridine rings is 1. The van der Waals surface area contributed by atoms with Crippen LogP contribution in [-0.4, -0.2) is 32.6 Å². The van der Waals surface area contributed by atoms with Gasteiger partial charge in [0.1, 0.15) is 11.6 Å². The number of carboxylic acid groups (broad SMARTS) is 1. The van der Waals surface area contributed by atoms with Gasteiger partial charge < -0.3 is 15.4 Å². The van der Waals surface area contributed by atoms with Crippen LogP contribution in [0.3, 0.4) is 0 Å². The van der Waals surface area contributed by atoms with Gasteiger partial charge in [-0.3, -0.25) is 9.59 Å². The normalized spacial score (nSPS) is 10.4. The number of carboxylic acids is 1. The number of aryl methyl sites for hydroxylation is 1. The lowest BCUT2D eigenvalue weighted by Crippen LogP contribution is -2.14. The van der Waals surface area contributed by atoms with Crippen LogP contribution in [0, 0.1) is 13.8 Å². The SMILES string of the molecule is Cc1nc(-c2ccc(NCCC(=O)O)nc2)[nH]c(=O)c1C. The molecule has 0 saturated carbocycles. The zero-order valence-corrected chi connectivity index (χ0v) is 11.8. The summed E-state index contributed by atoms with van der Waals surface area (Å²) in [7, 11) is 0. The zero-order chi connectivity index (χ0) is 15.4. The third-order valence-electron chi connectivity index (χ3n) is 3.08. The molecule has 0 aromatic carbocycles. The maximum absolute atomic E-state index is 11.7. The van der Waals surface area contributed by atoms with Gasteiger partial charge in [-0.25, -0.2) is 9.97 Å². The van der Waals surface area contributed by atoms with Gasteiger partial charge in [0.05, 0.1) is 6.42 Å². The Bertz CT molecular complexity index is 707. The summed E-state index contributed by atoms with van der Waals surface area (Å²) in [5, 5.41) is 11.5. The quantitative estimate of drug-likeness (QED) is 0.766. The number of nitrogens with zero attached hydrogens (tertiary/aromatic N) is 2. The second-order valence-electron chi connectivity index (χ2n) is 4.63. The van der Waals surface area contributed by atoms with Crippen LogP contribution in [0.1, 0.15) is 17.7 Å². The van der Waals surface area contributed by atoms with E-state index in [0.29, 0.717) is 35.0 Å². The minimum atomic E-state index is -0.865. The van der Waals surface area contributed by atoms with Crippen molar-refractivity contribution >= 4 is 11.8 Å². The van der Waals surface area contributed by atoms with Crippen molar-refractivity contribution in [3.8, 4) is 11.4 Å². The number of H-pyrrole nitrogens is 1. The number of aromatic amines is 1. The molecule has 2 rings (SSSR count). The van der Waals surface area contributed by atoms with E-state index in [1.54, 1.807) is 32.2 Å². The third-order valence-corrected chi connectivity index (χ3v) is 3.08. The number of rotatable bonds is 5. The molecule has 0 bridgehead atoms. The molecule has 0 fully saturated rings. The molecule has 21 heavy (non-hydrogen) atoms. The Kier molecular flexibility index (Phi) is 4.32. The lowest BCUT2D eigenvalue weighted by Gasteiger charge is -2.06. The molecular weight excluding hydrogens is 272 g/mol. The monoisotopic (exact) mass is 288 g/mol. The highest BCUT2D eigenvalue weighted by atomic mass is 16.4. The van der Waals surface area contributed by atoms with E-state index in [0.717, 1.165) is 0 Å². The summed E-state index contributed by atoms with van der Waals surface area (Å²) in [4.78, 5) is 33.3. The molecule has 0 spiro atoms. The summed E-state index contributed by atoms with van der Waals surface area (Å²) in [5.74, 6) is 0.176. The summed E-state index contributed by atoms with van der Waals surface area (Å²) in [6.07, 6.45) is 1.60. The molecule has 2 heterocycles. The van der Waals surface area contributed by atoms with Crippen molar-refractivity contribution in [2.24, 2.45) is 0 Å². The summed E-state index contributed by atoms with van der Waals surface area (Å²) in [6.45, 7) is 3.81. The Morgan fingerprint density at radius 2 is 2.14 bits per heavy atom. The molecule has 0 aliphatic carbocycles. The summed E-state index contributed by atoms with van der Waals surface area (Å²) < 4.78 is 0. The van der Waals surface area contributed by atoms with Gasteiger partial charge in [0.15, 0.2) is 0 Å². The van der Waals surface area contributed by atoms with E-state index in [2.05, 4.69) is 20.3 Å². The average Bonchev–Trinajstić information content (AvgIpc) is 2.44. The fourth-order valence-electron chi connectivity index (χ4n) is 1.72. The van der Waals surface area contributed by atoms with Gasteiger partial charge >= 0.3 is 5.97 Å². The molecule has 7 heteroatoms. The fourth-order valence-corrected chi connectivity index (χ4v) is 1.72. The molecule has 7 nitrogen and oxygen atoms in total. The van der Waals surface area contributed by atoms with Crippen LogP contribution in [-0.2, 0) is 4.79 Å². The topological polar surface area (TPSA) is 108 Å². The highest BCUT2D eigenvalue weighted by Crippen LogP contribution is 2.15. The highest BCUT2D eigenvalue weighted by molar-refractivity contribution is 5.67. The predicted octanol–water partition coefficient (Wildman–Crippen LogP) is 1.34. The number of nitrogens with one attached hydrogen (secondary N) is 2. The van der Waals surface area contributed by atoms with Gasteiger partial charge in [0, 0.05) is 29.6 Å². The Morgan fingerprint density at radius 1 is 1.38 bits per heavy atom. The number of aromatic nitrogens is 3. The van der Waals surface area contributed by atoms with E-state index in [-0.39, 0.29) is 12.0 Å². The summed E-state index contributed by atoms with van der Waals surface area (Å²) in [5.41, 5.74) is 1.80. The van der Waals surface area contributed by atoms with E-state index in [4.69, 9.17) is 5.11 Å².